The van der Waals surface area contributed by atoms with Gasteiger partial charge in [0, 0.05) is 13.0 Å². The topological polar surface area (TPSA) is 95.9 Å². The number of hydrogen-bond acceptors (Lipinski definition) is 6. The Hall–Kier alpha value is -1.81. The molecule has 0 aromatic heterocycles. The van der Waals surface area contributed by atoms with Gasteiger partial charge < -0.3 is 14.6 Å². The molecule has 1 aliphatic heterocycles. The summed E-state index contributed by atoms with van der Waals surface area (Å²) in [5, 5.41) is 21.4. The zero-order valence-corrected chi connectivity index (χ0v) is 10.7. The molecule has 0 aliphatic carbocycles. The van der Waals surface area contributed by atoms with Crippen LogP contribution in [0.1, 0.15) is 26.7 Å². The lowest BCUT2D eigenvalue weighted by Crippen LogP contribution is -2.50. The molecule has 0 unspecified atom stereocenters. The van der Waals surface area contributed by atoms with Gasteiger partial charge in [-0.3, -0.25) is 10.1 Å². The van der Waals surface area contributed by atoms with Gasteiger partial charge in [0.25, 0.3) is 0 Å². The second kappa shape index (κ2) is 6.21. The number of carbonyl (C=O) groups is 1. The monoisotopic (exact) mass is 256 g/mol. The fourth-order valence-electron chi connectivity index (χ4n) is 2.04. The molecule has 1 fully saturated rings. The third kappa shape index (κ3) is 3.34. The summed E-state index contributed by atoms with van der Waals surface area (Å²) >= 11 is 0. The summed E-state index contributed by atoms with van der Waals surface area (Å²) in [6, 6.07) is -0.439. The van der Waals surface area contributed by atoms with Crippen molar-refractivity contribution in [1.82, 2.24) is 5.32 Å². The molecule has 7 heteroatoms. The van der Waals surface area contributed by atoms with Crippen molar-refractivity contribution < 1.29 is 19.4 Å². The van der Waals surface area contributed by atoms with Crippen LogP contribution >= 0.6 is 0 Å². The zero-order chi connectivity index (χ0) is 13.7. The molecule has 18 heavy (non-hydrogen) atoms. The molecule has 0 aromatic rings. The Labute approximate surface area is 105 Å². The summed E-state index contributed by atoms with van der Waals surface area (Å²) in [7, 11) is 1.29. The number of ether oxygens (including phenoxy) is 2. The molecule has 2 N–H and O–H groups in total. The van der Waals surface area contributed by atoms with Gasteiger partial charge in [0.05, 0.1) is 7.11 Å². The Morgan fingerprint density at radius 2 is 2.17 bits per heavy atom. The maximum Gasteiger partial charge on any atom is 0.457 e. The van der Waals surface area contributed by atoms with Gasteiger partial charge in [-0.15, -0.1) is 0 Å². The number of carbonyl (C=O) groups excluding carboxylic acids is 1. The number of hydrogen-bond donors (Lipinski definition) is 2. The number of nitrogens with one attached hydrogen (secondary N) is 1. The lowest BCUT2D eigenvalue weighted by atomic mass is 9.95. The highest BCUT2D eigenvalue weighted by Crippen LogP contribution is 2.23. The minimum absolute atomic E-state index is 0.0469. The highest BCUT2D eigenvalue weighted by molar-refractivity contribution is 5.66. The molecule has 0 radical (unpaired) electrons. The van der Waals surface area contributed by atoms with Crippen molar-refractivity contribution in [2.75, 3.05) is 7.11 Å². The molecule has 3 atom stereocenters. The van der Waals surface area contributed by atoms with Gasteiger partial charge in [-0.1, -0.05) is 0 Å². The minimum Gasteiger partial charge on any atom is -0.475 e. The molecule has 1 saturated heterocycles. The van der Waals surface area contributed by atoms with Crippen LogP contribution in [0, 0.1) is 5.39 Å². The van der Waals surface area contributed by atoms with E-state index in [4.69, 9.17) is 10.1 Å². The van der Waals surface area contributed by atoms with E-state index in [1.54, 1.807) is 0 Å². The van der Waals surface area contributed by atoms with Crippen molar-refractivity contribution in [2.24, 2.45) is 0 Å². The maximum absolute atomic E-state index is 10.9. The van der Waals surface area contributed by atoms with Gasteiger partial charge in [-0.05, 0) is 19.8 Å². The van der Waals surface area contributed by atoms with Gasteiger partial charge in [-0.25, -0.2) is 0 Å². The van der Waals surface area contributed by atoms with Crippen LogP contribution in [0.4, 0.5) is 0 Å². The van der Waals surface area contributed by atoms with Crippen LogP contribution in [-0.2, 0) is 14.3 Å². The van der Waals surface area contributed by atoms with Gasteiger partial charge in [0.1, 0.15) is 12.1 Å². The first-order valence-corrected chi connectivity index (χ1v) is 5.75. The predicted molar refractivity (Wildman–Crippen MR) is 62.9 cm³/mol. The fourth-order valence-corrected chi connectivity index (χ4v) is 2.04. The summed E-state index contributed by atoms with van der Waals surface area (Å²) in [5.74, 6) is -0.748. The van der Waals surface area contributed by atoms with Gasteiger partial charge in [0.2, 0.25) is 5.39 Å². The minimum atomic E-state index is -0.423. The van der Waals surface area contributed by atoms with Gasteiger partial charge >= 0.3 is 17.6 Å². The Morgan fingerprint density at radius 1 is 1.50 bits per heavy atom. The number of rotatable bonds is 3. The van der Waals surface area contributed by atoms with Crippen molar-refractivity contribution in [2.45, 2.75) is 44.9 Å². The molecule has 1 aliphatic rings. The zero-order valence-electron chi connectivity index (χ0n) is 10.7. The SMILES string of the molecule is CO/C(O)=C(/[N+]#N)[C@@H]1CC[C@@H](OC(C)=O)[C@@H](C)N1. The summed E-state index contributed by atoms with van der Waals surface area (Å²) in [5.41, 5.74) is 0.0469. The van der Waals surface area contributed by atoms with Crippen LogP contribution in [0.15, 0.2) is 11.6 Å². The number of nitrogens with zero attached hydrogens (tertiary/aromatic N) is 2. The Kier molecular flexibility index (Phi) is 4.92. The number of piperidine rings is 1. The molecule has 100 valence electrons. The van der Waals surface area contributed by atoms with Crippen molar-refractivity contribution in [3.05, 3.63) is 16.6 Å². The molecular weight excluding hydrogens is 238 g/mol. The quantitative estimate of drug-likeness (QED) is 0.448. The lowest BCUT2D eigenvalue weighted by Gasteiger charge is -2.32. The first-order chi connectivity index (χ1) is 8.49. The molecule has 0 amide bonds. The van der Waals surface area contributed by atoms with Crippen LogP contribution in [0.3, 0.4) is 0 Å². The van der Waals surface area contributed by atoms with Crippen LogP contribution in [-0.4, -0.2) is 36.4 Å². The molecule has 0 bridgehead atoms. The van der Waals surface area contributed by atoms with Gasteiger partial charge in [-0.2, -0.15) is 0 Å². The number of aliphatic hydroxyl groups excluding tert-OH is 1. The largest absolute Gasteiger partial charge is 0.475 e. The van der Waals surface area contributed by atoms with Crippen molar-refractivity contribution in [3.63, 3.8) is 0 Å². The van der Waals surface area contributed by atoms with E-state index in [0.29, 0.717) is 12.8 Å². The van der Waals surface area contributed by atoms with E-state index < -0.39 is 5.95 Å². The molecule has 1 heterocycles. The van der Waals surface area contributed by atoms with E-state index in [-0.39, 0.29) is 29.9 Å². The normalized spacial score (nSPS) is 28.9. The number of diazo groups is 1. The van der Waals surface area contributed by atoms with Crippen molar-refractivity contribution >= 4 is 5.97 Å². The van der Waals surface area contributed by atoms with Crippen molar-refractivity contribution in [3.8, 4) is 0 Å². The molecule has 7 nitrogen and oxygen atoms in total. The van der Waals surface area contributed by atoms with E-state index in [1.165, 1.54) is 14.0 Å². The van der Waals surface area contributed by atoms with E-state index in [0.717, 1.165) is 0 Å². The summed E-state index contributed by atoms with van der Waals surface area (Å²) in [4.78, 5) is 13.9. The van der Waals surface area contributed by atoms with Crippen LogP contribution < -0.4 is 5.32 Å². The number of esters is 1. The predicted octanol–water partition coefficient (Wildman–Crippen LogP) is 1.29. The number of aliphatic hydroxyl groups is 1. The molecule has 0 aromatic carbocycles. The summed E-state index contributed by atoms with van der Waals surface area (Å²) < 4.78 is 9.79. The Bertz CT molecular complexity index is 388. The average molecular weight is 256 g/mol. The molecular formula is C11H18N3O4+. The third-order valence-corrected chi connectivity index (χ3v) is 2.93. The number of methoxy groups -OCH3 is 1. The first kappa shape index (κ1) is 14.3. The lowest BCUT2D eigenvalue weighted by molar-refractivity contribution is -0.149. The highest BCUT2D eigenvalue weighted by atomic mass is 16.6. The fraction of sp³-hybridized carbons (Fsp3) is 0.727. The van der Waals surface area contributed by atoms with E-state index in [1.807, 2.05) is 6.92 Å². The maximum atomic E-state index is 10.9. The second-order valence-corrected chi connectivity index (χ2v) is 4.23. The Balaban J connectivity index is 2.71. The molecule has 0 spiro atoms. The van der Waals surface area contributed by atoms with E-state index in [2.05, 4.69) is 15.0 Å². The molecule has 1 rings (SSSR count). The van der Waals surface area contributed by atoms with Crippen molar-refractivity contribution in [1.29, 1.82) is 5.39 Å². The standard InChI is InChI=1S/C11H17N3O4/c1-6-9(18-7(2)15)5-4-8(13-6)10(14-12)11(16)17-3/h6,8-9,13H,4-5H2,1-3H3/p+1/b11-10+/t6-,8+,9-/m1/s1. The summed E-state index contributed by atoms with van der Waals surface area (Å²) in [6.45, 7) is 3.22. The van der Waals surface area contributed by atoms with E-state index >= 15 is 0 Å². The van der Waals surface area contributed by atoms with Crippen LogP contribution in [0.2, 0.25) is 0 Å². The Morgan fingerprint density at radius 3 is 2.61 bits per heavy atom. The van der Waals surface area contributed by atoms with Crippen LogP contribution in [0.25, 0.3) is 4.98 Å². The third-order valence-electron chi connectivity index (χ3n) is 2.93. The van der Waals surface area contributed by atoms with Gasteiger partial charge in [0.15, 0.2) is 4.98 Å². The second-order valence-electron chi connectivity index (χ2n) is 4.23. The highest BCUT2D eigenvalue weighted by Gasteiger charge is 2.39. The van der Waals surface area contributed by atoms with Crippen LogP contribution in [0.5, 0.6) is 0 Å². The summed E-state index contributed by atoms with van der Waals surface area (Å²) in [6.07, 6.45) is 0.965. The average Bonchev–Trinajstić information content (AvgIpc) is 2.32. The van der Waals surface area contributed by atoms with E-state index in [9.17, 15) is 9.90 Å². The first-order valence-electron chi connectivity index (χ1n) is 5.75. The molecule has 0 saturated carbocycles. The smallest absolute Gasteiger partial charge is 0.457 e.